The molecule has 0 unspecified atom stereocenters. The van der Waals surface area contributed by atoms with Crippen LogP contribution in [0.1, 0.15) is 20.8 Å². The van der Waals surface area contributed by atoms with Gasteiger partial charge in [-0.15, -0.1) is 0 Å². The van der Waals surface area contributed by atoms with Gasteiger partial charge in [0.05, 0.1) is 18.1 Å². The van der Waals surface area contributed by atoms with Crippen LogP contribution in [0.2, 0.25) is 0 Å². The van der Waals surface area contributed by atoms with E-state index in [1.165, 1.54) is 0 Å². The minimum absolute atomic E-state index is 0.0646. The number of rotatable bonds is 2. The Hall–Kier alpha value is -2.30. The van der Waals surface area contributed by atoms with Crippen molar-refractivity contribution in [1.29, 1.82) is 0 Å². The summed E-state index contributed by atoms with van der Waals surface area (Å²) in [5.41, 5.74) is 0.992. The van der Waals surface area contributed by atoms with Gasteiger partial charge in [-0.05, 0) is 12.1 Å². The number of pyridine rings is 1. The lowest BCUT2D eigenvalue weighted by Gasteiger charge is -2.17. The lowest BCUT2D eigenvalue weighted by molar-refractivity contribution is -0.123. The summed E-state index contributed by atoms with van der Waals surface area (Å²) in [6.45, 7) is 5.56. The topological polar surface area (TPSA) is 67.8 Å². The minimum atomic E-state index is -0.442. The lowest BCUT2D eigenvalue weighted by Crippen LogP contribution is -2.27. The van der Waals surface area contributed by atoms with Crippen molar-refractivity contribution in [2.75, 3.05) is 5.32 Å². The molecule has 2 aromatic heterocycles. The van der Waals surface area contributed by atoms with Crippen molar-refractivity contribution in [3.05, 3.63) is 36.9 Å². The van der Waals surface area contributed by atoms with E-state index in [0.717, 1.165) is 5.56 Å². The second-order valence-electron chi connectivity index (χ2n) is 5.24. The van der Waals surface area contributed by atoms with Gasteiger partial charge in [0.15, 0.2) is 5.82 Å². The zero-order chi connectivity index (χ0) is 13.9. The summed E-state index contributed by atoms with van der Waals surface area (Å²) >= 11 is 0. The van der Waals surface area contributed by atoms with E-state index in [4.69, 9.17) is 0 Å². The molecular formula is C14H16N4O. The molecule has 19 heavy (non-hydrogen) atoms. The smallest absolute Gasteiger partial charge is 0.229 e. The molecule has 5 heteroatoms. The third-order valence-electron chi connectivity index (χ3n) is 2.51. The van der Waals surface area contributed by atoms with Crippen molar-refractivity contribution >= 4 is 11.6 Å². The van der Waals surface area contributed by atoms with Crippen molar-refractivity contribution in [2.45, 2.75) is 20.8 Å². The Kier molecular flexibility index (Phi) is 3.55. The molecule has 98 valence electrons. The van der Waals surface area contributed by atoms with E-state index in [-0.39, 0.29) is 5.91 Å². The normalized spacial score (nSPS) is 11.1. The third kappa shape index (κ3) is 3.34. The van der Waals surface area contributed by atoms with Crippen LogP contribution in [0.25, 0.3) is 11.4 Å². The summed E-state index contributed by atoms with van der Waals surface area (Å²) in [5, 5.41) is 2.78. The van der Waals surface area contributed by atoms with Gasteiger partial charge in [-0.2, -0.15) is 0 Å². The standard InChI is InChI=1S/C14H16N4O/c1-14(2,3)13(19)18-11-8-16-12(17-9-11)10-5-4-6-15-7-10/h4-9H,1-3H3,(H,18,19). The Bertz CT molecular complexity index is 558. The fraction of sp³-hybridized carbons (Fsp3) is 0.286. The highest BCUT2D eigenvalue weighted by molar-refractivity contribution is 5.94. The van der Waals surface area contributed by atoms with Crippen LogP contribution >= 0.6 is 0 Å². The molecule has 2 rings (SSSR count). The molecule has 0 radical (unpaired) electrons. The maximum absolute atomic E-state index is 11.8. The van der Waals surface area contributed by atoms with Gasteiger partial charge in [0.25, 0.3) is 0 Å². The fourth-order valence-electron chi connectivity index (χ4n) is 1.36. The van der Waals surface area contributed by atoms with E-state index in [0.29, 0.717) is 11.5 Å². The number of hydrogen-bond donors (Lipinski definition) is 1. The Morgan fingerprint density at radius 1 is 1.16 bits per heavy atom. The lowest BCUT2D eigenvalue weighted by atomic mass is 9.96. The average Bonchev–Trinajstić information content (AvgIpc) is 2.39. The Balaban J connectivity index is 2.14. The summed E-state index contributed by atoms with van der Waals surface area (Å²) in [6, 6.07) is 3.71. The molecule has 2 heterocycles. The van der Waals surface area contributed by atoms with Crippen molar-refractivity contribution in [3.63, 3.8) is 0 Å². The molecule has 1 amide bonds. The molecular weight excluding hydrogens is 240 g/mol. The quantitative estimate of drug-likeness (QED) is 0.896. The monoisotopic (exact) mass is 256 g/mol. The summed E-state index contributed by atoms with van der Waals surface area (Å²) in [5.74, 6) is 0.520. The molecule has 5 nitrogen and oxygen atoms in total. The largest absolute Gasteiger partial charge is 0.323 e. The van der Waals surface area contributed by atoms with E-state index < -0.39 is 5.41 Å². The van der Waals surface area contributed by atoms with Gasteiger partial charge in [0.2, 0.25) is 5.91 Å². The number of amides is 1. The first kappa shape index (κ1) is 13.1. The number of anilines is 1. The highest BCUT2D eigenvalue weighted by Crippen LogP contribution is 2.18. The average molecular weight is 256 g/mol. The van der Waals surface area contributed by atoms with Crippen molar-refractivity contribution in [2.24, 2.45) is 5.41 Å². The van der Waals surface area contributed by atoms with Gasteiger partial charge in [-0.1, -0.05) is 20.8 Å². The van der Waals surface area contributed by atoms with E-state index in [9.17, 15) is 4.79 Å². The number of nitrogens with one attached hydrogen (secondary N) is 1. The molecule has 1 N–H and O–H groups in total. The SMILES string of the molecule is CC(C)(C)C(=O)Nc1cnc(-c2cccnc2)nc1. The van der Waals surface area contributed by atoms with Crippen molar-refractivity contribution in [1.82, 2.24) is 15.0 Å². The zero-order valence-corrected chi connectivity index (χ0v) is 11.2. The molecule has 0 saturated carbocycles. The number of carbonyl (C=O) groups excluding carboxylic acids is 1. The summed E-state index contributed by atoms with van der Waals surface area (Å²) in [6.07, 6.45) is 6.59. The van der Waals surface area contributed by atoms with Gasteiger partial charge in [-0.25, -0.2) is 9.97 Å². The van der Waals surface area contributed by atoms with Crippen LogP contribution in [0.4, 0.5) is 5.69 Å². The van der Waals surface area contributed by atoms with Crippen LogP contribution in [-0.4, -0.2) is 20.9 Å². The van der Waals surface area contributed by atoms with E-state index in [1.54, 1.807) is 24.8 Å². The molecule has 0 fully saturated rings. The summed E-state index contributed by atoms with van der Waals surface area (Å²) in [7, 11) is 0. The van der Waals surface area contributed by atoms with Crippen LogP contribution in [0.5, 0.6) is 0 Å². The van der Waals surface area contributed by atoms with E-state index >= 15 is 0 Å². The van der Waals surface area contributed by atoms with Crippen LogP contribution in [0, 0.1) is 5.41 Å². The second kappa shape index (κ2) is 5.14. The Morgan fingerprint density at radius 2 is 1.84 bits per heavy atom. The minimum Gasteiger partial charge on any atom is -0.323 e. The Morgan fingerprint density at radius 3 is 2.37 bits per heavy atom. The van der Waals surface area contributed by atoms with Gasteiger partial charge in [0, 0.05) is 23.4 Å². The Labute approximate surface area is 112 Å². The van der Waals surface area contributed by atoms with Crippen molar-refractivity contribution < 1.29 is 4.79 Å². The molecule has 0 aliphatic carbocycles. The highest BCUT2D eigenvalue weighted by atomic mass is 16.2. The van der Waals surface area contributed by atoms with Gasteiger partial charge in [-0.3, -0.25) is 9.78 Å². The number of carbonyl (C=O) groups is 1. The van der Waals surface area contributed by atoms with Crippen LogP contribution in [0.15, 0.2) is 36.9 Å². The summed E-state index contributed by atoms with van der Waals surface area (Å²) < 4.78 is 0. The van der Waals surface area contributed by atoms with Gasteiger partial charge >= 0.3 is 0 Å². The highest BCUT2D eigenvalue weighted by Gasteiger charge is 2.21. The molecule has 0 saturated heterocycles. The number of aromatic nitrogens is 3. The summed E-state index contributed by atoms with van der Waals surface area (Å²) in [4.78, 5) is 24.3. The van der Waals surface area contributed by atoms with Crippen LogP contribution < -0.4 is 5.32 Å². The first-order valence-electron chi connectivity index (χ1n) is 6.01. The zero-order valence-electron chi connectivity index (χ0n) is 11.2. The molecule has 0 aromatic carbocycles. The maximum atomic E-state index is 11.8. The molecule has 0 bridgehead atoms. The van der Waals surface area contributed by atoms with Crippen LogP contribution in [0.3, 0.4) is 0 Å². The first-order chi connectivity index (χ1) is 8.97. The van der Waals surface area contributed by atoms with Crippen LogP contribution in [-0.2, 0) is 4.79 Å². The number of hydrogen-bond acceptors (Lipinski definition) is 4. The maximum Gasteiger partial charge on any atom is 0.229 e. The van der Waals surface area contributed by atoms with Gasteiger partial charge < -0.3 is 5.32 Å². The second-order valence-corrected chi connectivity index (χ2v) is 5.24. The number of nitrogens with zero attached hydrogens (tertiary/aromatic N) is 3. The fourth-order valence-corrected chi connectivity index (χ4v) is 1.36. The van der Waals surface area contributed by atoms with E-state index in [2.05, 4.69) is 20.3 Å². The predicted molar refractivity (Wildman–Crippen MR) is 73.3 cm³/mol. The molecule has 0 atom stereocenters. The molecule has 0 aliphatic heterocycles. The predicted octanol–water partition coefficient (Wildman–Crippen LogP) is 2.52. The molecule has 0 aliphatic rings. The molecule has 2 aromatic rings. The van der Waals surface area contributed by atoms with Crippen molar-refractivity contribution in [3.8, 4) is 11.4 Å². The van der Waals surface area contributed by atoms with Gasteiger partial charge in [0.1, 0.15) is 0 Å². The first-order valence-corrected chi connectivity index (χ1v) is 6.01. The third-order valence-corrected chi connectivity index (χ3v) is 2.51. The van der Waals surface area contributed by atoms with E-state index in [1.807, 2.05) is 32.9 Å². The molecule has 0 spiro atoms.